The van der Waals surface area contributed by atoms with Crippen molar-refractivity contribution in [2.24, 2.45) is 5.73 Å². The highest BCUT2D eigenvalue weighted by molar-refractivity contribution is 8.01. The molecule has 1 unspecified atom stereocenters. The summed E-state index contributed by atoms with van der Waals surface area (Å²) in [6, 6.07) is 9.26. The molecule has 2 N–H and O–H groups in total. The summed E-state index contributed by atoms with van der Waals surface area (Å²) in [6.07, 6.45) is 1.73. The Bertz CT molecular complexity index is 531. The van der Waals surface area contributed by atoms with Gasteiger partial charge in [-0.1, -0.05) is 42.1 Å². The lowest BCUT2D eigenvalue weighted by molar-refractivity contribution is -0.146. The first-order chi connectivity index (χ1) is 9.16. The molecule has 4 nitrogen and oxygen atoms in total. The molecule has 0 saturated heterocycles. The zero-order chi connectivity index (χ0) is 13.7. The third-order valence-corrected chi connectivity index (χ3v) is 4.83. The molecule has 100 valence electrons. The third kappa shape index (κ3) is 3.15. The fourth-order valence-electron chi connectivity index (χ4n) is 1.64. The van der Waals surface area contributed by atoms with Crippen molar-refractivity contribution in [3.8, 4) is 0 Å². The number of carbonyl (C=O) groups is 1. The Balaban J connectivity index is 2.22. The molecule has 0 radical (unpaired) electrons. The van der Waals surface area contributed by atoms with Gasteiger partial charge in [0.2, 0.25) is 0 Å². The van der Waals surface area contributed by atoms with Gasteiger partial charge in [-0.3, -0.25) is 0 Å². The van der Waals surface area contributed by atoms with Crippen molar-refractivity contribution < 1.29 is 9.53 Å². The van der Waals surface area contributed by atoms with Crippen LogP contribution in [-0.2, 0) is 15.1 Å². The number of hydrogen-bond acceptors (Lipinski definition) is 6. The Kier molecular flexibility index (Phi) is 4.57. The van der Waals surface area contributed by atoms with Crippen molar-refractivity contribution >= 4 is 29.1 Å². The molecule has 0 fully saturated rings. The van der Waals surface area contributed by atoms with E-state index in [0.29, 0.717) is 5.75 Å². The zero-order valence-electron chi connectivity index (χ0n) is 10.4. The van der Waals surface area contributed by atoms with Crippen LogP contribution in [0.2, 0.25) is 0 Å². The molecule has 0 bridgehead atoms. The van der Waals surface area contributed by atoms with Crippen molar-refractivity contribution in [3.63, 3.8) is 0 Å². The highest BCUT2D eigenvalue weighted by atomic mass is 32.2. The fraction of sp³-hybridized carbons (Fsp3) is 0.231. The highest BCUT2D eigenvalue weighted by Gasteiger charge is 2.37. The molecule has 6 heteroatoms. The van der Waals surface area contributed by atoms with Gasteiger partial charge in [0.15, 0.2) is 0 Å². The molecule has 0 spiro atoms. The number of nitrogens with two attached hydrogens (primary N) is 1. The van der Waals surface area contributed by atoms with Crippen LogP contribution in [0.1, 0.15) is 5.56 Å². The first kappa shape index (κ1) is 14.0. The summed E-state index contributed by atoms with van der Waals surface area (Å²) in [5, 5.41) is 1.89. The van der Waals surface area contributed by atoms with Gasteiger partial charge in [-0.25, -0.2) is 9.78 Å². The fourth-order valence-corrected chi connectivity index (χ4v) is 3.38. The van der Waals surface area contributed by atoms with Gasteiger partial charge in [0.1, 0.15) is 9.88 Å². The van der Waals surface area contributed by atoms with E-state index < -0.39 is 11.5 Å². The lowest BCUT2D eigenvalue weighted by Crippen LogP contribution is -2.48. The molecule has 0 aliphatic rings. The molecule has 0 saturated carbocycles. The Morgan fingerprint density at radius 2 is 2.21 bits per heavy atom. The molecule has 2 aromatic rings. The maximum absolute atomic E-state index is 12.0. The van der Waals surface area contributed by atoms with E-state index in [1.807, 2.05) is 35.7 Å². The minimum Gasteiger partial charge on any atom is -0.467 e. The molecular weight excluding hydrogens is 280 g/mol. The van der Waals surface area contributed by atoms with Crippen molar-refractivity contribution in [2.75, 3.05) is 12.9 Å². The first-order valence-electron chi connectivity index (χ1n) is 5.62. The number of thiazole rings is 1. The maximum atomic E-state index is 12.0. The maximum Gasteiger partial charge on any atom is 0.331 e. The Hall–Kier alpha value is -1.37. The highest BCUT2D eigenvalue weighted by Crippen LogP contribution is 2.29. The van der Waals surface area contributed by atoms with Gasteiger partial charge in [0.25, 0.3) is 0 Å². The molecule has 1 aromatic carbocycles. The molecular formula is C13H14N2O2S2. The average Bonchev–Trinajstić information content (AvgIpc) is 2.98. The van der Waals surface area contributed by atoms with Crippen molar-refractivity contribution in [3.05, 3.63) is 47.5 Å². The number of ether oxygens (including phenoxy) is 1. The number of nitrogens with zero attached hydrogens (tertiary/aromatic N) is 1. The Labute approximate surface area is 120 Å². The summed E-state index contributed by atoms with van der Waals surface area (Å²) in [5.41, 5.74) is 5.85. The second-order valence-corrected chi connectivity index (χ2v) is 6.03. The number of rotatable bonds is 5. The number of benzene rings is 1. The standard InChI is InChI=1S/C13H14N2O2S2/c1-17-11(16)13(14,10-5-3-2-4-6-10)9-19-12-15-7-8-18-12/h2-8H,9,14H2,1H3. The summed E-state index contributed by atoms with van der Waals surface area (Å²) in [5.74, 6) is -0.0558. The molecule has 1 heterocycles. The van der Waals surface area contributed by atoms with Gasteiger partial charge >= 0.3 is 5.97 Å². The van der Waals surface area contributed by atoms with Crippen molar-refractivity contribution in [2.45, 2.75) is 9.88 Å². The van der Waals surface area contributed by atoms with E-state index in [0.717, 1.165) is 9.90 Å². The summed E-state index contributed by atoms with van der Waals surface area (Å²) < 4.78 is 5.73. The summed E-state index contributed by atoms with van der Waals surface area (Å²) >= 11 is 2.98. The second kappa shape index (κ2) is 6.18. The monoisotopic (exact) mass is 294 g/mol. The van der Waals surface area contributed by atoms with E-state index in [2.05, 4.69) is 4.98 Å². The van der Waals surface area contributed by atoms with Crippen molar-refractivity contribution in [1.82, 2.24) is 4.98 Å². The van der Waals surface area contributed by atoms with E-state index in [9.17, 15) is 4.79 Å². The van der Waals surface area contributed by atoms with E-state index in [-0.39, 0.29) is 0 Å². The minimum absolute atomic E-state index is 0.386. The van der Waals surface area contributed by atoms with E-state index in [1.54, 1.807) is 6.20 Å². The third-order valence-electron chi connectivity index (χ3n) is 2.67. The van der Waals surface area contributed by atoms with Crippen LogP contribution in [0.25, 0.3) is 0 Å². The largest absolute Gasteiger partial charge is 0.467 e. The van der Waals surface area contributed by atoms with E-state index >= 15 is 0 Å². The van der Waals surface area contributed by atoms with Crippen LogP contribution in [0, 0.1) is 0 Å². The Morgan fingerprint density at radius 3 is 2.79 bits per heavy atom. The van der Waals surface area contributed by atoms with Gasteiger partial charge in [0, 0.05) is 17.3 Å². The van der Waals surface area contributed by atoms with Crippen LogP contribution in [0.4, 0.5) is 0 Å². The van der Waals surface area contributed by atoms with Gasteiger partial charge < -0.3 is 10.5 Å². The van der Waals surface area contributed by atoms with Crippen LogP contribution in [0.3, 0.4) is 0 Å². The van der Waals surface area contributed by atoms with Crippen LogP contribution in [0.15, 0.2) is 46.2 Å². The molecule has 19 heavy (non-hydrogen) atoms. The summed E-state index contributed by atoms with van der Waals surface area (Å²) in [6.45, 7) is 0. The summed E-state index contributed by atoms with van der Waals surface area (Å²) in [7, 11) is 1.35. The molecule has 0 amide bonds. The number of thioether (sulfide) groups is 1. The van der Waals surface area contributed by atoms with Crippen LogP contribution in [-0.4, -0.2) is 23.8 Å². The molecule has 0 aliphatic heterocycles. The number of hydrogen-bond donors (Lipinski definition) is 1. The molecule has 1 atom stereocenters. The lowest BCUT2D eigenvalue weighted by Gasteiger charge is -2.26. The van der Waals surface area contributed by atoms with Crippen LogP contribution in [0.5, 0.6) is 0 Å². The zero-order valence-corrected chi connectivity index (χ0v) is 12.0. The number of esters is 1. The SMILES string of the molecule is COC(=O)C(N)(CSc1nccs1)c1ccccc1. The van der Waals surface area contributed by atoms with Crippen molar-refractivity contribution in [1.29, 1.82) is 0 Å². The predicted octanol–water partition coefficient (Wildman–Crippen LogP) is 2.26. The lowest BCUT2D eigenvalue weighted by atomic mass is 9.93. The van der Waals surface area contributed by atoms with E-state index in [1.165, 1.54) is 30.2 Å². The number of methoxy groups -OCH3 is 1. The van der Waals surface area contributed by atoms with Gasteiger partial charge in [-0.2, -0.15) is 0 Å². The van der Waals surface area contributed by atoms with Gasteiger partial charge in [0.05, 0.1) is 7.11 Å². The summed E-state index contributed by atoms with van der Waals surface area (Å²) in [4.78, 5) is 16.2. The second-order valence-electron chi connectivity index (χ2n) is 3.92. The normalized spacial score (nSPS) is 13.8. The van der Waals surface area contributed by atoms with Gasteiger partial charge in [-0.15, -0.1) is 11.3 Å². The van der Waals surface area contributed by atoms with E-state index in [4.69, 9.17) is 10.5 Å². The van der Waals surface area contributed by atoms with Gasteiger partial charge in [-0.05, 0) is 5.56 Å². The molecule has 0 aliphatic carbocycles. The smallest absolute Gasteiger partial charge is 0.331 e. The first-order valence-corrected chi connectivity index (χ1v) is 7.48. The van der Waals surface area contributed by atoms with Crippen LogP contribution >= 0.6 is 23.1 Å². The number of aromatic nitrogens is 1. The Morgan fingerprint density at radius 1 is 1.47 bits per heavy atom. The topological polar surface area (TPSA) is 65.2 Å². The molecule has 2 rings (SSSR count). The number of carbonyl (C=O) groups excluding carboxylic acids is 1. The quantitative estimate of drug-likeness (QED) is 0.677. The average molecular weight is 294 g/mol. The minimum atomic E-state index is -1.16. The predicted molar refractivity (Wildman–Crippen MR) is 77.2 cm³/mol. The molecule has 1 aromatic heterocycles. The van der Waals surface area contributed by atoms with Crippen LogP contribution < -0.4 is 5.73 Å².